The van der Waals surface area contributed by atoms with Crippen molar-refractivity contribution >= 4 is 16.9 Å². The first kappa shape index (κ1) is 14.6. The molecular weight excluding hydrogens is 288 g/mol. The second-order valence-corrected chi connectivity index (χ2v) is 4.72. The quantitative estimate of drug-likeness (QED) is 0.577. The molecule has 1 N–H and O–H groups in total. The number of carbonyl (C=O) groups excluding carboxylic acids is 1. The molecule has 0 fully saturated rings. The predicted molar refractivity (Wildman–Crippen MR) is 88.0 cm³/mol. The second kappa shape index (κ2) is 7.09. The van der Waals surface area contributed by atoms with Gasteiger partial charge in [0.1, 0.15) is 11.8 Å². The molecule has 23 heavy (non-hydrogen) atoms. The van der Waals surface area contributed by atoms with E-state index in [9.17, 15) is 4.79 Å². The van der Waals surface area contributed by atoms with Gasteiger partial charge in [-0.3, -0.25) is 4.79 Å². The lowest BCUT2D eigenvalue weighted by Gasteiger charge is -1.99. The first-order valence-electron chi connectivity index (χ1n) is 7.08. The molecule has 0 aliphatic carbocycles. The van der Waals surface area contributed by atoms with E-state index in [0.717, 1.165) is 16.6 Å². The minimum Gasteiger partial charge on any atom is -0.342 e. The molecule has 0 aliphatic rings. The summed E-state index contributed by atoms with van der Waals surface area (Å²) in [6, 6.07) is 18.6. The van der Waals surface area contributed by atoms with E-state index in [2.05, 4.69) is 19.9 Å². The van der Waals surface area contributed by atoms with E-state index in [1.165, 1.54) is 6.33 Å². The molecule has 4 rings (SSSR count). The van der Waals surface area contributed by atoms with Gasteiger partial charge in [0.2, 0.25) is 0 Å². The van der Waals surface area contributed by atoms with Crippen molar-refractivity contribution in [2.45, 2.75) is 0 Å². The maximum atomic E-state index is 11.8. The van der Waals surface area contributed by atoms with Crippen LogP contribution in [0.5, 0.6) is 0 Å². The van der Waals surface area contributed by atoms with Crippen LogP contribution in [0.1, 0.15) is 15.9 Å². The number of H-pyrrole nitrogens is 1. The maximum Gasteiger partial charge on any atom is 0.193 e. The maximum absolute atomic E-state index is 11.8. The number of aromatic nitrogens is 4. The normalized spacial score (nSPS) is 9.91. The Morgan fingerprint density at radius 3 is 2.00 bits per heavy atom. The van der Waals surface area contributed by atoms with Gasteiger partial charge in [-0.05, 0) is 0 Å². The summed E-state index contributed by atoms with van der Waals surface area (Å²) >= 11 is 0. The summed E-state index contributed by atoms with van der Waals surface area (Å²) in [6.07, 6.45) is 4.76. The first-order valence-corrected chi connectivity index (χ1v) is 7.08. The number of rotatable bonds is 2. The highest BCUT2D eigenvalue weighted by Gasteiger charge is 2.06. The number of imidazole rings is 1. The topological polar surface area (TPSA) is 71.5 Å². The van der Waals surface area contributed by atoms with Gasteiger partial charge in [-0.15, -0.1) is 0 Å². The third kappa shape index (κ3) is 3.65. The molecule has 0 spiro atoms. The van der Waals surface area contributed by atoms with Crippen LogP contribution in [0.2, 0.25) is 0 Å². The molecule has 5 heteroatoms. The zero-order valence-corrected chi connectivity index (χ0v) is 12.3. The number of aromatic amines is 1. The summed E-state index contributed by atoms with van der Waals surface area (Å²) in [5.74, 6) is 0.0752. The molecule has 5 nitrogen and oxygen atoms in total. The van der Waals surface area contributed by atoms with Crippen LogP contribution in [0.15, 0.2) is 79.5 Å². The van der Waals surface area contributed by atoms with Crippen LogP contribution in [0.3, 0.4) is 0 Å². The van der Waals surface area contributed by atoms with Crippen molar-refractivity contribution in [1.82, 2.24) is 19.9 Å². The molecule has 2 aromatic carbocycles. The summed E-state index contributed by atoms with van der Waals surface area (Å²) < 4.78 is 0. The highest BCUT2D eigenvalue weighted by Crippen LogP contribution is 2.08. The van der Waals surface area contributed by atoms with Crippen LogP contribution in [0, 0.1) is 0 Å². The van der Waals surface area contributed by atoms with Gasteiger partial charge in [-0.25, -0.2) is 15.0 Å². The van der Waals surface area contributed by atoms with Crippen LogP contribution < -0.4 is 0 Å². The Hall–Kier alpha value is -3.34. The summed E-state index contributed by atoms with van der Waals surface area (Å²) in [4.78, 5) is 26.3. The van der Waals surface area contributed by atoms with E-state index in [4.69, 9.17) is 0 Å². The molecule has 0 radical (unpaired) electrons. The second-order valence-electron chi connectivity index (χ2n) is 4.72. The van der Waals surface area contributed by atoms with Crippen molar-refractivity contribution < 1.29 is 4.79 Å². The standard InChI is InChI=1S/C13H10O.C5H4N4/c14-13(11-7-3-1-4-8-11)12-9-5-2-6-10-12;1-4-5(8-2-6-1)9-3-7-4/h1-10H;1-3H,(H,6,7,8,9). The first-order chi connectivity index (χ1) is 11.3. The van der Waals surface area contributed by atoms with Gasteiger partial charge < -0.3 is 4.98 Å². The molecule has 0 bridgehead atoms. The van der Waals surface area contributed by atoms with Crippen molar-refractivity contribution in [1.29, 1.82) is 0 Å². The highest BCUT2D eigenvalue weighted by molar-refractivity contribution is 6.08. The minimum absolute atomic E-state index is 0.0752. The third-order valence-corrected chi connectivity index (χ3v) is 3.17. The summed E-state index contributed by atoms with van der Waals surface area (Å²) in [5.41, 5.74) is 3.06. The zero-order chi connectivity index (χ0) is 15.9. The molecule has 2 heterocycles. The summed E-state index contributed by atoms with van der Waals surface area (Å²) in [6.45, 7) is 0. The lowest BCUT2D eigenvalue weighted by molar-refractivity contribution is 0.103. The number of hydrogen-bond donors (Lipinski definition) is 1. The van der Waals surface area contributed by atoms with E-state index in [1.807, 2.05) is 60.7 Å². The van der Waals surface area contributed by atoms with Gasteiger partial charge in [0, 0.05) is 11.1 Å². The Morgan fingerprint density at radius 2 is 1.43 bits per heavy atom. The Bertz CT molecular complexity index is 817. The average Bonchev–Trinajstić information content (AvgIpc) is 3.12. The van der Waals surface area contributed by atoms with Crippen LogP contribution in [-0.2, 0) is 0 Å². The molecule has 112 valence electrons. The molecule has 0 saturated heterocycles. The number of benzene rings is 2. The fraction of sp³-hybridized carbons (Fsp3) is 0. The van der Waals surface area contributed by atoms with E-state index in [-0.39, 0.29) is 5.78 Å². The molecule has 4 aromatic rings. The number of carbonyl (C=O) groups is 1. The fourth-order valence-corrected chi connectivity index (χ4v) is 2.04. The Balaban J connectivity index is 0.000000149. The minimum atomic E-state index is 0.0752. The molecule has 2 aromatic heterocycles. The Labute approximate surface area is 133 Å². The van der Waals surface area contributed by atoms with Gasteiger partial charge in [-0.2, -0.15) is 0 Å². The van der Waals surface area contributed by atoms with Crippen LogP contribution in [-0.4, -0.2) is 25.7 Å². The monoisotopic (exact) mass is 302 g/mol. The van der Waals surface area contributed by atoms with Crippen molar-refractivity contribution in [2.24, 2.45) is 0 Å². The van der Waals surface area contributed by atoms with E-state index in [1.54, 1.807) is 12.5 Å². The fourth-order valence-electron chi connectivity index (χ4n) is 2.04. The molecule has 0 saturated carbocycles. The molecular formula is C18H14N4O. The van der Waals surface area contributed by atoms with Crippen molar-refractivity contribution in [3.63, 3.8) is 0 Å². The zero-order valence-electron chi connectivity index (χ0n) is 12.3. The Kier molecular flexibility index (Phi) is 4.49. The average molecular weight is 302 g/mol. The number of nitrogens with one attached hydrogen (secondary N) is 1. The number of nitrogens with zero attached hydrogens (tertiary/aromatic N) is 3. The van der Waals surface area contributed by atoms with Gasteiger partial charge in [0.25, 0.3) is 0 Å². The summed E-state index contributed by atoms with van der Waals surface area (Å²) in [7, 11) is 0. The summed E-state index contributed by atoms with van der Waals surface area (Å²) in [5, 5.41) is 0. The van der Waals surface area contributed by atoms with Gasteiger partial charge >= 0.3 is 0 Å². The van der Waals surface area contributed by atoms with E-state index in [0.29, 0.717) is 5.65 Å². The third-order valence-electron chi connectivity index (χ3n) is 3.17. The van der Waals surface area contributed by atoms with Gasteiger partial charge in [-0.1, -0.05) is 60.7 Å². The Morgan fingerprint density at radius 1 is 0.826 bits per heavy atom. The lowest BCUT2D eigenvalue weighted by Crippen LogP contribution is -1.99. The van der Waals surface area contributed by atoms with Crippen molar-refractivity contribution in [3.8, 4) is 0 Å². The van der Waals surface area contributed by atoms with Crippen molar-refractivity contribution in [2.75, 3.05) is 0 Å². The molecule has 0 atom stereocenters. The van der Waals surface area contributed by atoms with Crippen molar-refractivity contribution in [3.05, 3.63) is 90.6 Å². The largest absolute Gasteiger partial charge is 0.342 e. The van der Waals surface area contributed by atoms with Gasteiger partial charge in [0.15, 0.2) is 11.4 Å². The van der Waals surface area contributed by atoms with Gasteiger partial charge in [0.05, 0.1) is 12.5 Å². The molecule has 0 amide bonds. The SMILES string of the molecule is O=C(c1ccccc1)c1ccccc1.c1ncc2[nH]cnc2n1. The number of hydrogen-bond acceptors (Lipinski definition) is 4. The number of ketones is 1. The predicted octanol–water partition coefficient (Wildman–Crippen LogP) is 3.27. The van der Waals surface area contributed by atoms with E-state index >= 15 is 0 Å². The van der Waals surface area contributed by atoms with Crippen LogP contribution >= 0.6 is 0 Å². The highest BCUT2D eigenvalue weighted by atomic mass is 16.1. The lowest BCUT2D eigenvalue weighted by atomic mass is 10.0. The van der Waals surface area contributed by atoms with Crippen LogP contribution in [0.25, 0.3) is 11.2 Å². The van der Waals surface area contributed by atoms with Crippen LogP contribution in [0.4, 0.5) is 0 Å². The molecule has 0 unspecified atom stereocenters. The smallest absolute Gasteiger partial charge is 0.193 e. The number of fused-ring (bicyclic) bond motifs is 1. The van der Waals surface area contributed by atoms with E-state index < -0.39 is 0 Å². The molecule has 0 aliphatic heterocycles.